The van der Waals surface area contributed by atoms with Crippen molar-refractivity contribution in [1.82, 2.24) is 20.0 Å². The van der Waals surface area contributed by atoms with Gasteiger partial charge in [-0.05, 0) is 60.9 Å². The fourth-order valence-corrected chi connectivity index (χ4v) is 6.19. The highest BCUT2D eigenvalue weighted by Crippen LogP contribution is 2.35. The highest BCUT2D eigenvalue weighted by Gasteiger charge is 2.22. The maximum Gasteiger partial charge on any atom is 0.324 e. The molecule has 8 heteroatoms. The molecule has 8 nitrogen and oxygen atoms in total. The molecule has 1 unspecified atom stereocenters. The molecule has 2 aliphatic rings. The summed E-state index contributed by atoms with van der Waals surface area (Å²) in [4.78, 5) is 15.9. The molecule has 3 N–H and O–H groups in total. The molecule has 3 aromatic carbocycles. The van der Waals surface area contributed by atoms with Crippen molar-refractivity contribution < 1.29 is 9.53 Å². The first kappa shape index (κ1) is 31.0. The Labute approximate surface area is 266 Å². The summed E-state index contributed by atoms with van der Waals surface area (Å²) in [5, 5.41) is 17.0. The van der Waals surface area contributed by atoms with Gasteiger partial charge in [-0.2, -0.15) is 5.10 Å². The third kappa shape index (κ3) is 7.47. The number of benzene rings is 3. The van der Waals surface area contributed by atoms with E-state index in [1.54, 1.807) is 4.68 Å². The van der Waals surface area contributed by atoms with Gasteiger partial charge in [-0.25, -0.2) is 9.48 Å². The number of hydrogen-bond donors (Lipinski definition) is 3. The Kier molecular flexibility index (Phi) is 9.35. The summed E-state index contributed by atoms with van der Waals surface area (Å²) in [6.45, 7) is 14.3. The van der Waals surface area contributed by atoms with Crippen molar-refractivity contribution in [2.24, 2.45) is 0 Å². The van der Waals surface area contributed by atoms with E-state index in [0.29, 0.717) is 11.9 Å². The van der Waals surface area contributed by atoms with Gasteiger partial charge in [0.05, 0.1) is 30.3 Å². The summed E-state index contributed by atoms with van der Waals surface area (Å²) >= 11 is 0. The monoisotopic (exact) mass is 606 g/mol. The Morgan fingerprint density at radius 2 is 1.73 bits per heavy atom. The third-order valence-corrected chi connectivity index (χ3v) is 8.89. The summed E-state index contributed by atoms with van der Waals surface area (Å²) in [5.74, 6) is 0.627. The number of aryl methyl sites for hydroxylation is 1. The van der Waals surface area contributed by atoms with Crippen molar-refractivity contribution in [3.63, 3.8) is 0 Å². The van der Waals surface area contributed by atoms with Gasteiger partial charge in [0, 0.05) is 49.1 Å². The lowest BCUT2D eigenvalue weighted by molar-refractivity contribution is 0.0381. The highest BCUT2D eigenvalue weighted by atomic mass is 16.5. The molecule has 236 valence electrons. The molecule has 0 radical (unpaired) electrons. The van der Waals surface area contributed by atoms with Crippen LogP contribution in [0.2, 0.25) is 0 Å². The number of anilines is 2. The minimum atomic E-state index is -0.301. The van der Waals surface area contributed by atoms with Gasteiger partial charge in [0.2, 0.25) is 0 Å². The fourth-order valence-electron chi connectivity index (χ4n) is 6.19. The van der Waals surface area contributed by atoms with Gasteiger partial charge >= 0.3 is 6.03 Å². The molecule has 1 saturated heterocycles. The third-order valence-electron chi connectivity index (χ3n) is 8.89. The van der Waals surface area contributed by atoms with Crippen LogP contribution in [0.5, 0.6) is 0 Å². The van der Waals surface area contributed by atoms with Crippen molar-refractivity contribution >= 4 is 33.9 Å². The molecule has 2 amide bonds. The summed E-state index contributed by atoms with van der Waals surface area (Å²) < 4.78 is 7.27. The van der Waals surface area contributed by atoms with E-state index < -0.39 is 0 Å². The zero-order valence-electron chi connectivity index (χ0n) is 27.0. The number of hydrogen-bond acceptors (Lipinski definition) is 5. The van der Waals surface area contributed by atoms with Crippen molar-refractivity contribution in [2.75, 3.05) is 50.0 Å². The van der Waals surface area contributed by atoms with Crippen LogP contribution in [0.1, 0.15) is 56.9 Å². The van der Waals surface area contributed by atoms with E-state index in [4.69, 9.17) is 9.84 Å². The zero-order chi connectivity index (χ0) is 31.4. The predicted octanol–water partition coefficient (Wildman–Crippen LogP) is 7.13. The molecule has 4 aromatic rings. The lowest BCUT2D eigenvalue weighted by Gasteiger charge is -2.28. The number of ether oxygens (including phenoxy) is 1. The summed E-state index contributed by atoms with van der Waals surface area (Å²) in [7, 11) is 0. The standard InChI is InChI=1S/C37H46N6O2/c1-26-9-15-29(16-10-26)43-35(25-34(41-43)37(2,3)4)40-36(44)39-33-18-17-30(31-7-5-6-8-32(31)33)27-11-13-28(14-12-27)38-19-20-42-21-23-45-24-22-42/h5-11,15-18,25,28,38H,12-14,19-24H2,1-4H3,(H2,39,40,44). The zero-order valence-corrected chi connectivity index (χ0v) is 27.0. The number of nitrogens with zero attached hydrogens (tertiary/aromatic N) is 3. The second-order valence-electron chi connectivity index (χ2n) is 13.3. The van der Waals surface area contributed by atoms with E-state index >= 15 is 0 Å². The molecule has 1 aromatic heterocycles. The van der Waals surface area contributed by atoms with Crippen molar-refractivity contribution in [1.29, 1.82) is 0 Å². The number of amides is 2. The van der Waals surface area contributed by atoms with Crippen molar-refractivity contribution in [3.8, 4) is 5.69 Å². The van der Waals surface area contributed by atoms with Crippen LogP contribution in [0.25, 0.3) is 22.0 Å². The van der Waals surface area contributed by atoms with Gasteiger partial charge in [0.15, 0.2) is 0 Å². The average Bonchev–Trinajstić information content (AvgIpc) is 3.47. The Morgan fingerprint density at radius 3 is 2.44 bits per heavy atom. The van der Waals surface area contributed by atoms with Gasteiger partial charge in [0.25, 0.3) is 0 Å². The van der Waals surface area contributed by atoms with Crippen LogP contribution in [0.4, 0.5) is 16.3 Å². The normalized spacial score (nSPS) is 17.7. The largest absolute Gasteiger partial charge is 0.379 e. The van der Waals surface area contributed by atoms with E-state index in [9.17, 15) is 4.79 Å². The van der Waals surface area contributed by atoms with Gasteiger partial charge in [0.1, 0.15) is 5.82 Å². The molecule has 2 heterocycles. The SMILES string of the molecule is Cc1ccc(-n2nc(C(C)(C)C)cc2NC(=O)Nc2ccc(C3=CCC(NCCN4CCOCC4)CC3)c3ccccc23)cc1. The number of fused-ring (bicyclic) bond motifs is 1. The van der Waals surface area contributed by atoms with E-state index in [0.717, 1.165) is 86.5 Å². The van der Waals surface area contributed by atoms with Gasteiger partial charge in [-0.3, -0.25) is 10.2 Å². The summed E-state index contributed by atoms with van der Waals surface area (Å²) in [6, 6.07) is 22.8. The Balaban J connectivity index is 1.15. The van der Waals surface area contributed by atoms with Crippen LogP contribution in [0, 0.1) is 6.92 Å². The van der Waals surface area contributed by atoms with Crippen LogP contribution in [-0.4, -0.2) is 66.1 Å². The molecule has 1 atom stereocenters. The molecule has 45 heavy (non-hydrogen) atoms. The summed E-state index contributed by atoms with van der Waals surface area (Å²) in [5.41, 5.74) is 6.22. The fraction of sp³-hybridized carbons (Fsp3) is 0.405. The highest BCUT2D eigenvalue weighted by molar-refractivity contribution is 6.08. The number of nitrogens with one attached hydrogen (secondary N) is 3. The first-order valence-electron chi connectivity index (χ1n) is 16.2. The quantitative estimate of drug-likeness (QED) is 0.199. The Bertz CT molecular complexity index is 1660. The first-order chi connectivity index (χ1) is 21.7. The van der Waals surface area contributed by atoms with Gasteiger partial charge < -0.3 is 15.4 Å². The molecule has 1 aliphatic carbocycles. The van der Waals surface area contributed by atoms with E-state index in [1.807, 2.05) is 30.3 Å². The maximum absolute atomic E-state index is 13.4. The smallest absolute Gasteiger partial charge is 0.324 e. The van der Waals surface area contributed by atoms with E-state index in [-0.39, 0.29) is 11.4 Å². The van der Waals surface area contributed by atoms with E-state index in [1.165, 1.54) is 16.7 Å². The number of urea groups is 1. The van der Waals surface area contributed by atoms with Crippen molar-refractivity contribution in [3.05, 3.63) is 89.6 Å². The number of aromatic nitrogens is 2. The maximum atomic E-state index is 13.4. The van der Waals surface area contributed by atoms with Gasteiger partial charge in [-0.1, -0.05) is 74.9 Å². The Hall–Kier alpha value is -3.98. The number of carbonyl (C=O) groups is 1. The lowest BCUT2D eigenvalue weighted by Crippen LogP contribution is -2.42. The number of rotatable bonds is 8. The number of allylic oxidation sites excluding steroid dienone is 1. The molecule has 0 bridgehead atoms. The van der Waals surface area contributed by atoms with Crippen LogP contribution in [-0.2, 0) is 10.2 Å². The minimum Gasteiger partial charge on any atom is -0.379 e. The number of carbonyl (C=O) groups excluding carboxylic acids is 1. The molecule has 0 saturated carbocycles. The van der Waals surface area contributed by atoms with E-state index in [2.05, 4.69) is 91.0 Å². The van der Waals surface area contributed by atoms with Crippen LogP contribution in [0.15, 0.2) is 72.8 Å². The second-order valence-corrected chi connectivity index (χ2v) is 13.3. The minimum absolute atomic E-state index is 0.165. The van der Waals surface area contributed by atoms with Crippen LogP contribution < -0.4 is 16.0 Å². The van der Waals surface area contributed by atoms with Gasteiger partial charge in [-0.15, -0.1) is 0 Å². The summed E-state index contributed by atoms with van der Waals surface area (Å²) in [6.07, 6.45) is 5.58. The van der Waals surface area contributed by atoms with Crippen molar-refractivity contribution in [2.45, 2.75) is 58.4 Å². The number of morpholine rings is 1. The molecular formula is C37H46N6O2. The van der Waals surface area contributed by atoms with Crippen LogP contribution in [0.3, 0.4) is 0 Å². The lowest BCUT2D eigenvalue weighted by atomic mass is 9.88. The van der Waals surface area contributed by atoms with Crippen LogP contribution >= 0.6 is 0 Å². The predicted molar refractivity (Wildman–Crippen MR) is 184 cm³/mol. The topological polar surface area (TPSA) is 83.5 Å². The molecular weight excluding hydrogens is 560 g/mol. The average molecular weight is 607 g/mol. The molecule has 1 fully saturated rings. The second kappa shape index (κ2) is 13.6. The molecule has 6 rings (SSSR count). The molecule has 1 aliphatic heterocycles. The first-order valence-corrected chi connectivity index (χ1v) is 16.2. The molecule has 0 spiro atoms. The Morgan fingerprint density at radius 1 is 0.978 bits per heavy atom.